The summed E-state index contributed by atoms with van der Waals surface area (Å²) in [7, 11) is 0. The third-order valence-corrected chi connectivity index (χ3v) is 2.76. The van der Waals surface area contributed by atoms with Crippen LogP contribution in [-0.4, -0.2) is 28.6 Å². The molecule has 1 aromatic heterocycles. The molecule has 6 heteroatoms. The molecule has 0 spiro atoms. The number of hydrogen-bond donors (Lipinski definition) is 0. The van der Waals surface area contributed by atoms with Gasteiger partial charge in [0.1, 0.15) is 0 Å². The largest absolute Gasteiger partial charge is 0.461 e. The number of halogens is 1. The van der Waals surface area contributed by atoms with Crippen molar-refractivity contribution >= 4 is 23.9 Å². The van der Waals surface area contributed by atoms with Crippen LogP contribution in [0.15, 0.2) is 30.5 Å². The summed E-state index contributed by atoms with van der Waals surface area (Å²) in [5.74, 6) is -0.629. The van der Waals surface area contributed by atoms with Gasteiger partial charge in [-0.15, -0.1) is 0 Å². The van der Waals surface area contributed by atoms with Crippen LogP contribution in [0, 0.1) is 0 Å². The van der Waals surface area contributed by atoms with Crippen LogP contribution >= 0.6 is 11.6 Å². The number of nitrogens with zero attached hydrogens (tertiary/aromatic N) is 2. The molecule has 0 aliphatic carbocycles. The van der Waals surface area contributed by atoms with Crippen LogP contribution < -0.4 is 0 Å². The van der Waals surface area contributed by atoms with Gasteiger partial charge in [-0.1, -0.05) is 23.7 Å². The Balaban J connectivity index is 2.47. The van der Waals surface area contributed by atoms with Gasteiger partial charge in [-0.25, -0.2) is 9.48 Å². The predicted octanol–water partition coefficient (Wildman–Crippen LogP) is 2.51. The quantitative estimate of drug-likeness (QED) is 0.637. The van der Waals surface area contributed by atoms with E-state index in [2.05, 4.69) is 5.10 Å². The number of carbonyl (C=O) groups is 2. The minimum Gasteiger partial charge on any atom is -0.461 e. The van der Waals surface area contributed by atoms with Gasteiger partial charge >= 0.3 is 5.97 Å². The van der Waals surface area contributed by atoms with E-state index in [0.29, 0.717) is 17.0 Å². The number of aromatic nitrogens is 2. The highest BCUT2D eigenvalue weighted by molar-refractivity contribution is 6.32. The van der Waals surface area contributed by atoms with Crippen LogP contribution in [0.4, 0.5) is 0 Å². The molecular formula is C13H11ClN2O3. The van der Waals surface area contributed by atoms with Crippen LogP contribution in [0.2, 0.25) is 5.02 Å². The molecule has 19 heavy (non-hydrogen) atoms. The molecule has 1 heterocycles. The van der Waals surface area contributed by atoms with E-state index in [1.165, 1.54) is 10.9 Å². The smallest absolute Gasteiger partial charge is 0.359 e. The zero-order valence-corrected chi connectivity index (χ0v) is 10.9. The molecule has 1 aromatic carbocycles. The fraction of sp³-hybridized carbons (Fsp3) is 0.154. The summed E-state index contributed by atoms with van der Waals surface area (Å²) >= 11 is 6.04. The fourth-order valence-electron chi connectivity index (χ4n) is 1.59. The standard InChI is InChI=1S/C13H11ClN2O3/c1-2-19-13(18)12-9(8-17)7-16(15-12)11-6-4-3-5-10(11)14/h3-8H,2H2,1H3. The molecule has 0 atom stereocenters. The monoisotopic (exact) mass is 278 g/mol. The number of aldehydes is 1. The Kier molecular flexibility index (Phi) is 3.97. The summed E-state index contributed by atoms with van der Waals surface area (Å²) in [5, 5.41) is 4.53. The van der Waals surface area contributed by atoms with Crippen LogP contribution in [0.1, 0.15) is 27.8 Å². The second-order valence-corrected chi connectivity index (χ2v) is 4.07. The van der Waals surface area contributed by atoms with Crippen molar-refractivity contribution in [2.24, 2.45) is 0 Å². The number of ether oxygens (including phenoxy) is 1. The summed E-state index contributed by atoms with van der Waals surface area (Å²) in [6.07, 6.45) is 2.01. The van der Waals surface area contributed by atoms with Gasteiger partial charge in [-0.05, 0) is 19.1 Å². The Bertz CT molecular complexity index is 622. The number of benzene rings is 1. The van der Waals surface area contributed by atoms with Crippen molar-refractivity contribution in [2.45, 2.75) is 6.92 Å². The highest BCUT2D eigenvalue weighted by Crippen LogP contribution is 2.20. The van der Waals surface area contributed by atoms with E-state index in [9.17, 15) is 9.59 Å². The average Bonchev–Trinajstić information content (AvgIpc) is 2.83. The van der Waals surface area contributed by atoms with Crippen molar-refractivity contribution in [3.63, 3.8) is 0 Å². The molecule has 2 aromatic rings. The predicted molar refractivity (Wildman–Crippen MR) is 69.9 cm³/mol. The number of rotatable bonds is 4. The van der Waals surface area contributed by atoms with Crippen molar-refractivity contribution < 1.29 is 14.3 Å². The lowest BCUT2D eigenvalue weighted by Crippen LogP contribution is -2.08. The summed E-state index contributed by atoms with van der Waals surface area (Å²) < 4.78 is 6.23. The van der Waals surface area contributed by atoms with Crippen LogP contribution in [0.5, 0.6) is 0 Å². The molecule has 0 bridgehead atoms. The highest BCUT2D eigenvalue weighted by Gasteiger charge is 2.18. The SMILES string of the molecule is CCOC(=O)c1nn(-c2ccccc2Cl)cc1C=O. The lowest BCUT2D eigenvalue weighted by Gasteiger charge is -2.02. The second-order valence-electron chi connectivity index (χ2n) is 3.67. The maximum absolute atomic E-state index is 11.7. The zero-order valence-electron chi connectivity index (χ0n) is 10.2. The van der Waals surface area contributed by atoms with Gasteiger partial charge in [0.25, 0.3) is 0 Å². The third-order valence-electron chi connectivity index (χ3n) is 2.44. The van der Waals surface area contributed by atoms with Gasteiger partial charge in [-0.2, -0.15) is 5.10 Å². The van der Waals surface area contributed by atoms with E-state index < -0.39 is 5.97 Å². The Hall–Kier alpha value is -2.14. The molecule has 0 N–H and O–H groups in total. The second kappa shape index (κ2) is 5.67. The maximum Gasteiger partial charge on any atom is 0.359 e. The molecule has 0 fully saturated rings. The van der Waals surface area contributed by atoms with Gasteiger partial charge in [0.2, 0.25) is 0 Å². The molecule has 0 aliphatic rings. The molecule has 0 saturated heterocycles. The van der Waals surface area contributed by atoms with Gasteiger partial charge in [0.05, 0.1) is 22.9 Å². The van der Waals surface area contributed by atoms with E-state index in [1.54, 1.807) is 31.2 Å². The van der Waals surface area contributed by atoms with Crippen molar-refractivity contribution in [2.75, 3.05) is 6.61 Å². The van der Waals surface area contributed by atoms with Crippen LogP contribution in [-0.2, 0) is 4.74 Å². The van der Waals surface area contributed by atoms with E-state index >= 15 is 0 Å². The van der Waals surface area contributed by atoms with Crippen molar-refractivity contribution in [3.05, 3.63) is 46.7 Å². The minimum absolute atomic E-state index is 0.0169. The third kappa shape index (κ3) is 2.66. The first-order chi connectivity index (χ1) is 9.17. The topological polar surface area (TPSA) is 61.2 Å². The zero-order chi connectivity index (χ0) is 13.8. The van der Waals surface area contributed by atoms with E-state index in [0.717, 1.165) is 0 Å². The van der Waals surface area contributed by atoms with Crippen molar-refractivity contribution in [1.82, 2.24) is 9.78 Å². The first-order valence-corrected chi connectivity index (χ1v) is 6.02. The first-order valence-electron chi connectivity index (χ1n) is 5.64. The maximum atomic E-state index is 11.7. The normalized spacial score (nSPS) is 10.2. The van der Waals surface area contributed by atoms with E-state index in [4.69, 9.17) is 16.3 Å². The molecule has 2 rings (SSSR count). The Morgan fingerprint density at radius 3 is 2.84 bits per heavy atom. The fourth-order valence-corrected chi connectivity index (χ4v) is 1.81. The van der Waals surface area contributed by atoms with Crippen molar-refractivity contribution in [3.8, 4) is 5.69 Å². The number of carbonyl (C=O) groups excluding carboxylic acids is 2. The summed E-state index contributed by atoms with van der Waals surface area (Å²) in [6.45, 7) is 1.90. The van der Waals surface area contributed by atoms with Crippen LogP contribution in [0.3, 0.4) is 0 Å². The van der Waals surface area contributed by atoms with Gasteiger partial charge in [0, 0.05) is 6.20 Å². The van der Waals surface area contributed by atoms with Gasteiger partial charge in [-0.3, -0.25) is 4.79 Å². The molecule has 0 aliphatic heterocycles. The van der Waals surface area contributed by atoms with Crippen LogP contribution in [0.25, 0.3) is 5.69 Å². The Morgan fingerprint density at radius 1 is 1.47 bits per heavy atom. The molecule has 0 radical (unpaired) electrons. The highest BCUT2D eigenvalue weighted by atomic mass is 35.5. The molecule has 0 amide bonds. The summed E-state index contributed by atoms with van der Waals surface area (Å²) in [5.41, 5.74) is 0.734. The van der Waals surface area contributed by atoms with E-state index in [-0.39, 0.29) is 17.9 Å². The molecule has 98 valence electrons. The number of esters is 1. The molecule has 5 nitrogen and oxygen atoms in total. The van der Waals surface area contributed by atoms with Gasteiger partial charge in [0.15, 0.2) is 12.0 Å². The number of hydrogen-bond acceptors (Lipinski definition) is 4. The molecular weight excluding hydrogens is 268 g/mol. The first kappa shape index (κ1) is 13.3. The number of para-hydroxylation sites is 1. The summed E-state index contributed by atoms with van der Waals surface area (Å²) in [4.78, 5) is 22.6. The summed E-state index contributed by atoms with van der Waals surface area (Å²) in [6, 6.07) is 7.00. The minimum atomic E-state index is -0.629. The molecule has 0 saturated carbocycles. The lowest BCUT2D eigenvalue weighted by atomic mass is 10.3. The Labute approximate surface area is 114 Å². The van der Waals surface area contributed by atoms with E-state index in [1.807, 2.05) is 0 Å². The van der Waals surface area contributed by atoms with Gasteiger partial charge < -0.3 is 4.74 Å². The van der Waals surface area contributed by atoms with Crippen molar-refractivity contribution in [1.29, 1.82) is 0 Å². The lowest BCUT2D eigenvalue weighted by molar-refractivity contribution is 0.0517. The average molecular weight is 279 g/mol. The Morgan fingerprint density at radius 2 is 2.21 bits per heavy atom. The molecule has 0 unspecified atom stereocenters.